The number of morpholine rings is 1. The molecule has 132 valence electrons. The van der Waals surface area contributed by atoms with Crippen molar-refractivity contribution in [3.63, 3.8) is 0 Å². The summed E-state index contributed by atoms with van der Waals surface area (Å²) in [6.45, 7) is 5.10. The maximum Gasteiger partial charge on any atom is 0.237 e. The molecule has 2 aromatic carbocycles. The summed E-state index contributed by atoms with van der Waals surface area (Å²) in [7, 11) is 0. The van der Waals surface area contributed by atoms with E-state index in [2.05, 4.69) is 10.2 Å². The first-order valence-electron chi connectivity index (χ1n) is 8.28. The van der Waals surface area contributed by atoms with E-state index in [1.54, 1.807) is 12.1 Å². The number of hydrogen-bond donors (Lipinski definition) is 1. The summed E-state index contributed by atoms with van der Waals surface area (Å²) in [6, 6.07) is 14.0. The van der Waals surface area contributed by atoms with Crippen LogP contribution in [0.5, 0.6) is 0 Å². The lowest BCUT2D eigenvalue weighted by Gasteiger charge is -2.28. The van der Waals surface area contributed by atoms with Gasteiger partial charge in [-0.15, -0.1) is 11.8 Å². The molecular formula is C19H21FN2O2S. The Balaban J connectivity index is 1.55. The Hall–Kier alpha value is -2.05. The number of benzene rings is 2. The second-order valence-corrected chi connectivity index (χ2v) is 7.26. The number of rotatable bonds is 5. The molecule has 1 aliphatic heterocycles. The van der Waals surface area contributed by atoms with Crippen molar-refractivity contribution in [3.05, 3.63) is 54.3 Å². The Bertz CT molecular complexity index is 700. The van der Waals surface area contributed by atoms with E-state index >= 15 is 0 Å². The number of carbonyl (C=O) groups excluding carboxylic acids is 1. The van der Waals surface area contributed by atoms with E-state index in [-0.39, 0.29) is 17.0 Å². The molecule has 0 radical (unpaired) electrons. The lowest BCUT2D eigenvalue weighted by molar-refractivity contribution is -0.115. The summed E-state index contributed by atoms with van der Waals surface area (Å²) in [6.07, 6.45) is 0. The van der Waals surface area contributed by atoms with Crippen LogP contribution in [0.4, 0.5) is 15.8 Å². The Morgan fingerprint density at radius 1 is 1.12 bits per heavy atom. The van der Waals surface area contributed by atoms with Gasteiger partial charge in [-0.3, -0.25) is 4.79 Å². The van der Waals surface area contributed by atoms with Crippen molar-refractivity contribution in [2.24, 2.45) is 0 Å². The van der Waals surface area contributed by atoms with Crippen molar-refractivity contribution in [3.8, 4) is 0 Å². The highest BCUT2D eigenvalue weighted by atomic mass is 32.2. The van der Waals surface area contributed by atoms with Gasteiger partial charge in [0.15, 0.2) is 0 Å². The minimum Gasteiger partial charge on any atom is -0.378 e. The number of thioether (sulfide) groups is 1. The van der Waals surface area contributed by atoms with Crippen molar-refractivity contribution >= 4 is 29.0 Å². The maximum absolute atomic E-state index is 12.9. The molecule has 0 aliphatic carbocycles. The molecule has 25 heavy (non-hydrogen) atoms. The summed E-state index contributed by atoms with van der Waals surface area (Å²) in [5, 5.41) is 2.65. The van der Waals surface area contributed by atoms with Crippen molar-refractivity contribution in [1.82, 2.24) is 0 Å². The van der Waals surface area contributed by atoms with Crippen LogP contribution in [0.25, 0.3) is 0 Å². The number of hydrogen-bond acceptors (Lipinski definition) is 4. The third-order valence-corrected chi connectivity index (χ3v) is 5.12. The molecule has 6 heteroatoms. The van der Waals surface area contributed by atoms with Gasteiger partial charge in [0.25, 0.3) is 0 Å². The highest BCUT2D eigenvalue weighted by Gasteiger charge is 2.15. The third-order valence-electron chi connectivity index (χ3n) is 4.01. The van der Waals surface area contributed by atoms with Crippen molar-refractivity contribution in [2.75, 3.05) is 36.5 Å². The van der Waals surface area contributed by atoms with Crippen LogP contribution in [-0.4, -0.2) is 37.5 Å². The third kappa shape index (κ3) is 4.96. The van der Waals surface area contributed by atoms with E-state index in [9.17, 15) is 9.18 Å². The zero-order valence-corrected chi connectivity index (χ0v) is 14.9. The molecule has 1 heterocycles. The molecule has 0 unspecified atom stereocenters. The van der Waals surface area contributed by atoms with Gasteiger partial charge in [0.05, 0.1) is 18.5 Å². The Kier molecular flexibility index (Phi) is 5.94. The van der Waals surface area contributed by atoms with Gasteiger partial charge in [0.2, 0.25) is 5.91 Å². The van der Waals surface area contributed by atoms with E-state index in [1.165, 1.54) is 23.9 Å². The molecule has 0 aromatic heterocycles. The molecule has 3 rings (SSSR count). The fourth-order valence-electron chi connectivity index (χ4n) is 2.59. The molecule has 1 aliphatic rings. The first-order chi connectivity index (χ1) is 12.1. The topological polar surface area (TPSA) is 41.6 Å². The quantitative estimate of drug-likeness (QED) is 0.824. The summed E-state index contributed by atoms with van der Waals surface area (Å²) in [4.78, 5) is 15.5. The fraction of sp³-hybridized carbons (Fsp3) is 0.316. The lowest BCUT2D eigenvalue weighted by atomic mass is 10.2. The molecule has 2 aromatic rings. The van der Waals surface area contributed by atoms with Gasteiger partial charge in [-0.1, -0.05) is 0 Å². The van der Waals surface area contributed by atoms with Crippen LogP contribution in [0.1, 0.15) is 6.92 Å². The van der Waals surface area contributed by atoms with Crippen LogP contribution in [0.15, 0.2) is 53.4 Å². The van der Waals surface area contributed by atoms with Crippen LogP contribution in [-0.2, 0) is 9.53 Å². The Morgan fingerprint density at radius 3 is 2.40 bits per heavy atom. The zero-order valence-electron chi connectivity index (χ0n) is 14.1. The first kappa shape index (κ1) is 17.8. The molecule has 1 fully saturated rings. The molecule has 1 atom stereocenters. The zero-order chi connectivity index (χ0) is 17.6. The normalized spacial score (nSPS) is 15.7. The molecule has 1 N–H and O–H groups in total. The van der Waals surface area contributed by atoms with Crippen LogP contribution < -0.4 is 10.2 Å². The van der Waals surface area contributed by atoms with Crippen LogP contribution >= 0.6 is 11.8 Å². The number of nitrogens with zero attached hydrogens (tertiary/aromatic N) is 1. The number of nitrogens with one attached hydrogen (secondary N) is 1. The molecule has 0 spiro atoms. The molecule has 4 nitrogen and oxygen atoms in total. The first-order valence-corrected chi connectivity index (χ1v) is 9.15. The van der Waals surface area contributed by atoms with Gasteiger partial charge in [-0.05, 0) is 55.5 Å². The van der Waals surface area contributed by atoms with E-state index in [0.717, 1.165) is 42.6 Å². The van der Waals surface area contributed by atoms with Crippen molar-refractivity contribution < 1.29 is 13.9 Å². The second kappa shape index (κ2) is 8.36. The van der Waals surface area contributed by atoms with Gasteiger partial charge in [0.1, 0.15) is 5.82 Å². The van der Waals surface area contributed by atoms with Crippen molar-refractivity contribution in [2.45, 2.75) is 17.1 Å². The molecule has 1 saturated heterocycles. The van der Waals surface area contributed by atoms with E-state index in [1.807, 2.05) is 31.2 Å². The van der Waals surface area contributed by atoms with Gasteiger partial charge >= 0.3 is 0 Å². The second-order valence-electron chi connectivity index (χ2n) is 5.85. The number of ether oxygens (including phenoxy) is 1. The Labute approximate surface area is 151 Å². The summed E-state index contributed by atoms with van der Waals surface area (Å²) < 4.78 is 18.3. The maximum atomic E-state index is 12.9. The summed E-state index contributed by atoms with van der Waals surface area (Å²) in [5.74, 6) is -0.352. The highest BCUT2D eigenvalue weighted by molar-refractivity contribution is 8.00. The summed E-state index contributed by atoms with van der Waals surface area (Å²) in [5.41, 5.74) is 1.91. The van der Waals surface area contributed by atoms with Gasteiger partial charge < -0.3 is 15.0 Å². The predicted molar refractivity (Wildman–Crippen MR) is 99.8 cm³/mol. The van der Waals surface area contributed by atoms with Crippen LogP contribution in [0.3, 0.4) is 0 Å². The number of anilines is 2. The van der Waals surface area contributed by atoms with Crippen LogP contribution in [0, 0.1) is 5.82 Å². The molecule has 1 amide bonds. The summed E-state index contributed by atoms with van der Waals surface area (Å²) >= 11 is 1.40. The van der Waals surface area contributed by atoms with Gasteiger partial charge in [-0.25, -0.2) is 4.39 Å². The molecule has 0 bridgehead atoms. The smallest absolute Gasteiger partial charge is 0.237 e. The van der Waals surface area contributed by atoms with Crippen LogP contribution in [0.2, 0.25) is 0 Å². The highest BCUT2D eigenvalue weighted by Crippen LogP contribution is 2.25. The number of halogens is 1. The molecular weight excluding hydrogens is 339 g/mol. The average molecular weight is 360 g/mol. The monoisotopic (exact) mass is 360 g/mol. The fourth-order valence-corrected chi connectivity index (χ4v) is 3.46. The largest absolute Gasteiger partial charge is 0.378 e. The van der Waals surface area contributed by atoms with Gasteiger partial charge in [-0.2, -0.15) is 0 Å². The van der Waals surface area contributed by atoms with E-state index < -0.39 is 0 Å². The number of carbonyl (C=O) groups is 1. The van der Waals surface area contributed by atoms with Gasteiger partial charge in [0, 0.05) is 29.4 Å². The Morgan fingerprint density at radius 2 is 1.76 bits per heavy atom. The van der Waals surface area contributed by atoms with Crippen molar-refractivity contribution in [1.29, 1.82) is 0 Å². The average Bonchev–Trinajstić information content (AvgIpc) is 2.65. The standard InChI is InChI=1S/C19H21FN2O2S/c1-14(25-18-8-2-15(20)3-9-18)19(23)21-16-4-6-17(7-5-16)22-10-12-24-13-11-22/h2-9,14H,10-13H2,1H3,(H,21,23)/t14-/m0/s1. The minimum absolute atomic E-state index is 0.0755. The lowest BCUT2D eigenvalue weighted by Crippen LogP contribution is -2.36. The predicted octanol–water partition coefficient (Wildman–Crippen LogP) is 3.78. The van der Waals surface area contributed by atoms with E-state index in [4.69, 9.17) is 4.74 Å². The van der Waals surface area contributed by atoms with E-state index in [0.29, 0.717) is 0 Å². The minimum atomic E-state index is -0.276. The SMILES string of the molecule is C[C@H](Sc1ccc(F)cc1)C(=O)Nc1ccc(N2CCOCC2)cc1. The number of amides is 1. The molecule has 0 saturated carbocycles.